The number of halogens is 2. The molecule has 100 valence electrons. The molecular formula is C14H19BrClNO. The van der Waals surface area contributed by atoms with Crippen molar-refractivity contribution in [2.45, 2.75) is 45.6 Å². The molecule has 1 amide bonds. The molecule has 0 saturated heterocycles. The Morgan fingerprint density at radius 1 is 1.28 bits per heavy atom. The fourth-order valence-corrected chi connectivity index (χ4v) is 2.56. The summed E-state index contributed by atoms with van der Waals surface area (Å²) in [6, 6.07) is 5.31. The quantitative estimate of drug-likeness (QED) is 0.824. The maximum Gasteiger partial charge on any atom is 0.253 e. The first-order chi connectivity index (χ1) is 8.48. The third-order valence-corrected chi connectivity index (χ3v) is 4.40. The first-order valence-corrected chi connectivity index (χ1v) is 7.42. The summed E-state index contributed by atoms with van der Waals surface area (Å²) in [4.78, 5) is 12.3. The van der Waals surface area contributed by atoms with Gasteiger partial charge in [-0.15, -0.1) is 0 Å². The van der Waals surface area contributed by atoms with Gasteiger partial charge in [0.25, 0.3) is 5.91 Å². The van der Waals surface area contributed by atoms with E-state index in [0.29, 0.717) is 10.6 Å². The van der Waals surface area contributed by atoms with Crippen LogP contribution in [0, 0.1) is 0 Å². The molecule has 4 heteroatoms. The summed E-state index contributed by atoms with van der Waals surface area (Å²) in [5, 5.41) is 3.60. The predicted molar refractivity (Wildman–Crippen MR) is 80.2 cm³/mol. The average molecular weight is 333 g/mol. The number of hydrogen-bond acceptors (Lipinski definition) is 1. The van der Waals surface area contributed by atoms with Gasteiger partial charge in [0.05, 0.1) is 10.6 Å². The third-order valence-electron chi connectivity index (χ3n) is 3.58. The van der Waals surface area contributed by atoms with Gasteiger partial charge in [-0.25, -0.2) is 0 Å². The lowest BCUT2D eigenvalue weighted by atomic mass is 9.89. The summed E-state index contributed by atoms with van der Waals surface area (Å²) in [5.41, 5.74) is 0.383. The van der Waals surface area contributed by atoms with Crippen LogP contribution in [0.2, 0.25) is 5.02 Å². The molecule has 0 bridgehead atoms. The van der Waals surface area contributed by atoms with Crippen LogP contribution in [0.4, 0.5) is 0 Å². The minimum Gasteiger partial charge on any atom is -0.347 e. The van der Waals surface area contributed by atoms with Crippen molar-refractivity contribution in [1.29, 1.82) is 0 Å². The van der Waals surface area contributed by atoms with Crippen LogP contribution in [-0.4, -0.2) is 11.4 Å². The van der Waals surface area contributed by atoms with E-state index in [1.807, 2.05) is 6.07 Å². The fourth-order valence-electron chi connectivity index (χ4n) is 1.99. The molecule has 0 saturated carbocycles. The van der Waals surface area contributed by atoms with Gasteiger partial charge in [-0.3, -0.25) is 4.79 Å². The molecule has 0 spiro atoms. The van der Waals surface area contributed by atoms with Crippen LogP contribution in [0.3, 0.4) is 0 Å². The first-order valence-electron chi connectivity index (χ1n) is 6.25. The van der Waals surface area contributed by atoms with Crippen LogP contribution >= 0.6 is 27.5 Å². The van der Waals surface area contributed by atoms with Crippen LogP contribution in [0.25, 0.3) is 0 Å². The van der Waals surface area contributed by atoms with E-state index in [9.17, 15) is 4.79 Å². The minimum absolute atomic E-state index is 0.105. The van der Waals surface area contributed by atoms with Gasteiger partial charge in [0, 0.05) is 10.0 Å². The largest absolute Gasteiger partial charge is 0.347 e. The van der Waals surface area contributed by atoms with Gasteiger partial charge in [-0.2, -0.15) is 0 Å². The highest BCUT2D eigenvalue weighted by molar-refractivity contribution is 9.10. The Morgan fingerprint density at radius 3 is 2.33 bits per heavy atom. The Labute approximate surface area is 122 Å². The summed E-state index contributed by atoms with van der Waals surface area (Å²) in [7, 11) is 0. The topological polar surface area (TPSA) is 29.1 Å². The van der Waals surface area contributed by atoms with Crippen LogP contribution in [0.1, 0.15) is 50.4 Å². The highest BCUT2D eigenvalue weighted by Gasteiger charge is 2.27. The minimum atomic E-state index is -0.136. The van der Waals surface area contributed by atoms with E-state index in [4.69, 9.17) is 11.6 Å². The van der Waals surface area contributed by atoms with Crippen molar-refractivity contribution in [3.05, 3.63) is 33.3 Å². The van der Waals surface area contributed by atoms with E-state index in [1.165, 1.54) is 0 Å². The normalized spacial score (nSPS) is 11.4. The highest BCUT2D eigenvalue weighted by atomic mass is 79.9. The summed E-state index contributed by atoms with van der Waals surface area (Å²) in [5.74, 6) is -0.105. The molecule has 0 heterocycles. The predicted octanol–water partition coefficient (Wildman–Crippen LogP) is 4.80. The summed E-state index contributed by atoms with van der Waals surface area (Å²) >= 11 is 9.42. The summed E-state index contributed by atoms with van der Waals surface area (Å²) in [6.45, 7) is 6.28. The lowest BCUT2D eigenvalue weighted by molar-refractivity contribution is 0.0888. The van der Waals surface area contributed by atoms with Crippen molar-refractivity contribution in [3.8, 4) is 0 Å². The third kappa shape index (κ3) is 3.48. The van der Waals surface area contributed by atoms with Gasteiger partial charge in [-0.1, -0.05) is 48.3 Å². The molecule has 0 radical (unpaired) electrons. The van der Waals surface area contributed by atoms with E-state index in [1.54, 1.807) is 12.1 Å². The number of nitrogens with one attached hydrogen (secondary N) is 1. The first kappa shape index (κ1) is 15.5. The molecule has 18 heavy (non-hydrogen) atoms. The smallest absolute Gasteiger partial charge is 0.253 e. The molecule has 0 atom stereocenters. The molecule has 0 aromatic heterocycles. The number of amides is 1. The Kier molecular flexibility index (Phi) is 5.67. The lowest BCUT2D eigenvalue weighted by Gasteiger charge is -2.32. The average Bonchev–Trinajstić information content (AvgIpc) is 2.38. The highest BCUT2D eigenvalue weighted by Crippen LogP contribution is 2.24. The van der Waals surface area contributed by atoms with E-state index in [0.717, 1.165) is 23.7 Å². The Bertz CT molecular complexity index is 422. The summed E-state index contributed by atoms with van der Waals surface area (Å²) in [6.07, 6.45) is 2.74. The number of hydrogen-bond donors (Lipinski definition) is 1. The van der Waals surface area contributed by atoms with Crippen molar-refractivity contribution in [1.82, 2.24) is 5.32 Å². The molecule has 1 aromatic carbocycles. The molecule has 2 nitrogen and oxygen atoms in total. The zero-order valence-electron chi connectivity index (χ0n) is 11.0. The van der Waals surface area contributed by atoms with Gasteiger partial charge in [0.1, 0.15) is 0 Å². The zero-order chi connectivity index (χ0) is 13.8. The Hall–Kier alpha value is -0.540. The summed E-state index contributed by atoms with van der Waals surface area (Å²) < 4.78 is 0.854. The van der Waals surface area contributed by atoms with Crippen molar-refractivity contribution in [2.75, 3.05) is 0 Å². The van der Waals surface area contributed by atoms with E-state index in [2.05, 4.69) is 42.0 Å². The van der Waals surface area contributed by atoms with Crippen molar-refractivity contribution in [2.24, 2.45) is 0 Å². The molecule has 0 fully saturated rings. The number of benzene rings is 1. The van der Waals surface area contributed by atoms with Crippen LogP contribution in [0.15, 0.2) is 22.7 Å². The number of carbonyl (C=O) groups excluding carboxylic acids is 1. The van der Waals surface area contributed by atoms with Crippen LogP contribution in [0.5, 0.6) is 0 Å². The molecule has 1 N–H and O–H groups in total. The van der Waals surface area contributed by atoms with Gasteiger partial charge in [0.15, 0.2) is 0 Å². The maximum atomic E-state index is 12.3. The van der Waals surface area contributed by atoms with Crippen molar-refractivity contribution < 1.29 is 4.79 Å². The Balaban J connectivity index is 2.97. The van der Waals surface area contributed by atoms with Crippen LogP contribution in [-0.2, 0) is 0 Å². The molecule has 0 aliphatic rings. The van der Waals surface area contributed by atoms with Gasteiger partial charge >= 0.3 is 0 Å². The van der Waals surface area contributed by atoms with Gasteiger partial charge in [-0.05, 0) is 37.5 Å². The molecule has 0 unspecified atom stereocenters. The molecular weight excluding hydrogens is 314 g/mol. The van der Waals surface area contributed by atoms with Crippen molar-refractivity contribution in [3.63, 3.8) is 0 Å². The maximum absolute atomic E-state index is 12.3. The Morgan fingerprint density at radius 2 is 1.83 bits per heavy atom. The van der Waals surface area contributed by atoms with E-state index in [-0.39, 0.29) is 11.4 Å². The second-order valence-corrected chi connectivity index (χ2v) is 5.74. The molecule has 0 aliphatic carbocycles. The second-order valence-electron chi connectivity index (χ2n) is 4.42. The zero-order valence-corrected chi connectivity index (χ0v) is 13.4. The van der Waals surface area contributed by atoms with Gasteiger partial charge in [0.2, 0.25) is 0 Å². The molecule has 1 aromatic rings. The molecule has 0 aliphatic heterocycles. The van der Waals surface area contributed by atoms with E-state index >= 15 is 0 Å². The molecule has 1 rings (SSSR count). The monoisotopic (exact) mass is 331 g/mol. The van der Waals surface area contributed by atoms with E-state index < -0.39 is 0 Å². The second kappa shape index (κ2) is 6.58. The lowest BCUT2D eigenvalue weighted by Crippen LogP contribution is -2.47. The fraction of sp³-hybridized carbons (Fsp3) is 0.500. The standard InChI is InChI=1S/C14H19BrClNO/c1-4-14(5-2,6-3)17-13(18)11-9-10(15)7-8-12(11)16/h7-9H,4-6H2,1-3H3,(H,17,18). The van der Waals surface area contributed by atoms with Crippen LogP contribution < -0.4 is 5.32 Å². The SMILES string of the molecule is CCC(CC)(CC)NC(=O)c1cc(Br)ccc1Cl. The van der Waals surface area contributed by atoms with Gasteiger partial charge < -0.3 is 5.32 Å². The van der Waals surface area contributed by atoms with Crippen molar-refractivity contribution >= 4 is 33.4 Å². The number of rotatable bonds is 5. The number of carbonyl (C=O) groups is 1.